The van der Waals surface area contributed by atoms with E-state index in [1.165, 1.54) is 5.56 Å². The highest BCUT2D eigenvalue weighted by atomic mass is 15.4. The minimum Gasteiger partial charge on any atom is -0.394 e. The molecule has 1 aromatic carbocycles. The van der Waals surface area contributed by atoms with Gasteiger partial charge in [0.15, 0.2) is 5.82 Å². The van der Waals surface area contributed by atoms with Crippen LogP contribution in [0.15, 0.2) is 30.3 Å². The summed E-state index contributed by atoms with van der Waals surface area (Å²) in [5.74, 6) is 1.05. The molecule has 2 aromatic rings. The highest BCUT2D eigenvalue weighted by Gasteiger charge is 2.21. The van der Waals surface area contributed by atoms with E-state index in [4.69, 9.17) is 5.73 Å². The Labute approximate surface area is 127 Å². The van der Waals surface area contributed by atoms with Gasteiger partial charge in [-0.3, -0.25) is 0 Å². The molecule has 0 aliphatic heterocycles. The van der Waals surface area contributed by atoms with Gasteiger partial charge in [-0.1, -0.05) is 37.3 Å². The molecule has 0 aliphatic rings. The summed E-state index contributed by atoms with van der Waals surface area (Å²) in [4.78, 5) is 2.33. The van der Waals surface area contributed by atoms with Crippen molar-refractivity contribution in [1.29, 1.82) is 0 Å². The van der Waals surface area contributed by atoms with Crippen LogP contribution in [0.5, 0.6) is 0 Å². The van der Waals surface area contributed by atoms with Crippen molar-refractivity contribution in [1.82, 2.24) is 9.78 Å². The summed E-state index contributed by atoms with van der Waals surface area (Å²) in [7, 11) is 0. The minimum absolute atomic E-state index is 0.360. The summed E-state index contributed by atoms with van der Waals surface area (Å²) >= 11 is 0. The summed E-state index contributed by atoms with van der Waals surface area (Å²) in [6, 6.07) is 10.9. The molecule has 4 nitrogen and oxygen atoms in total. The van der Waals surface area contributed by atoms with Gasteiger partial charge in [0.25, 0.3) is 0 Å². The van der Waals surface area contributed by atoms with Crippen molar-refractivity contribution in [2.75, 3.05) is 10.6 Å². The molecule has 4 heteroatoms. The third-order valence-electron chi connectivity index (χ3n) is 3.67. The normalized spacial score (nSPS) is 11.1. The van der Waals surface area contributed by atoms with Gasteiger partial charge < -0.3 is 10.6 Å². The number of anilines is 2. The molecule has 2 rings (SSSR count). The molecule has 0 amide bonds. The topological polar surface area (TPSA) is 47.1 Å². The molecule has 21 heavy (non-hydrogen) atoms. The van der Waals surface area contributed by atoms with Crippen molar-refractivity contribution in [2.24, 2.45) is 0 Å². The fraction of sp³-hybridized carbons (Fsp3) is 0.471. The molecule has 0 saturated heterocycles. The van der Waals surface area contributed by atoms with Crippen molar-refractivity contribution in [2.45, 2.75) is 53.2 Å². The summed E-state index contributed by atoms with van der Waals surface area (Å²) in [5, 5.41) is 4.59. The molecular weight excluding hydrogens is 260 g/mol. The summed E-state index contributed by atoms with van der Waals surface area (Å²) < 4.78 is 2.05. The lowest BCUT2D eigenvalue weighted by Gasteiger charge is -2.30. The number of nitrogen functional groups attached to an aromatic ring is 1. The van der Waals surface area contributed by atoms with Gasteiger partial charge in [0.1, 0.15) is 0 Å². The predicted molar refractivity (Wildman–Crippen MR) is 89.4 cm³/mol. The van der Waals surface area contributed by atoms with E-state index in [1.807, 2.05) is 17.7 Å². The third kappa shape index (κ3) is 3.38. The highest BCUT2D eigenvalue weighted by Crippen LogP contribution is 2.29. The van der Waals surface area contributed by atoms with Gasteiger partial charge in [0, 0.05) is 19.1 Å². The monoisotopic (exact) mass is 286 g/mol. The fourth-order valence-corrected chi connectivity index (χ4v) is 2.54. The largest absolute Gasteiger partial charge is 0.394 e. The average Bonchev–Trinajstić information content (AvgIpc) is 2.73. The van der Waals surface area contributed by atoms with Crippen LogP contribution >= 0.6 is 0 Å². The van der Waals surface area contributed by atoms with Crippen LogP contribution in [-0.4, -0.2) is 15.8 Å². The number of aryl methyl sites for hydroxylation is 2. The Bertz CT molecular complexity index is 572. The van der Waals surface area contributed by atoms with Crippen LogP contribution in [0.2, 0.25) is 0 Å². The van der Waals surface area contributed by atoms with Crippen LogP contribution < -0.4 is 10.6 Å². The van der Waals surface area contributed by atoms with Crippen molar-refractivity contribution < 1.29 is 0 Å². The molecule has 0 unspecified atom stereocenters. The van der Waals surface area contributed by atoms with Crippen molar-refractivity contribution in [3.05, 3.63) is 41.6 Å². The number of nitrogens with zero attached hydrogens (tertiary/aromatic N) is 3. The van der Waals surface area contributed by atoms with Gasteiger partial charge in [-0.2, -0.15) is 5.10 Å². The van der Waals surface area contributed by atoms with E-state index in [-0.39, 0.29) is 0 Å². The molecule has 0 bridgehead atoms. The van der Waals surface area contributed by atoms with Crippen molar-refractivity contribution in [3.63, 3.8) is 0 Å². The maximum atomic E-state index is 6.30. The molecule has 2 N–H and O–H groups in total. The summed E-state index contributed by atoms with van der Waals surface area (Å²) in [5.41, 5.74) is 9.30. The number of benzene rings is 1. The second-order valence-electron chi connectivity index (χ2n) is 5.75. The number of aromatic nitrogens is 2. The Hall–Kier alpha value is -1.97. The lowest BCUT2D eigenvalue weighted by molar-refractivity contribution is 0.566. The van der Waals surface area contributed by atoms with Gasteiger partial charge in [-0.15, -0.1) is 0 Å². The third-order valence-corrected chi connectivity index (χ3v) is 3.67. The van der Waals surface area contributed by atoms with Gasteiger partial charge >= 0.3 is 0 Å². The van der Waals surface area contributed by atoms with E-state index < -0.39 is 0 Å². The minimum atomic E-state index is 0.360. The zero-order valence-corrected chi connectivity index (χ0v) is 13.5. The zero-order chi connectivity index (χ0) is 15.4. The highest BCUT2D eigenvalue weighted by molar-refractivity contribution is 5.66. The quantitative estimate of drug-likeness (QED) is 0.882. The Morgan fingerprint density at radius 3 is 2.48 bits per heavy atom. The predicted octanol–water partition coefficient (Wildman–Crippen LogP) is 3.60. The van der Waals surface area contributed by atoms with E-state index in [1.54, 1.807) is 0 Å². The summed E-state index contributed by atoms with van der Waals surface area (Å²) in [6.45, 7) is 10.3. The number of nitrogens with two attached hydrogens (primary N) is 1. The average molecular weight is 286 g/mol. The van der Waals surface area contributed by atoms with Crippen LogP contribution in [0.4, 0.5) is 11.5 Å². The Balaban J connectivity index is 2.38. The number of rotatable bonds is 6. The van der Waals surface area contributed by atoms with Crippen LogP contribution in [0.25, 0.3) is 0 Å². The lowest BCUT2D eigenvalue weighted by atomic mass is 10.2. The standard InChI is InChI=1S/C17H26N4/c1-5-11-21-17(16(18)14(4)19-21)20(13(2)3)12-15-9-7-6-8-10-15/h6-10,13H,5,11-12,18H2,1-4H3. The van der Waals surface area contributed by atoms with Crippen LogP contribution in [-0.2, 0) is 13.1 Å². The first-order valence-electron chi connectivity index (χ1n) is 7.68. The van der Waals surface area contributed by atoms with E-state index >= 15 is 0 Å². The second kappa shape index (κ2) is 6.66. The van der Waals surface area contributed by atoms with E-state index in [0.29, 0.717) is 6.04 Å². The maximum absolute atomic E-state index is 6.30. The van der Waals surface area contributed by atoms with Crippen molar-refractivity contribution >= 4 is 11.5 Å². The van der Waals surface area contributed by atoms with Crippen LogP contribution in [0.1, 0.15) is 38.4 Å². The van der Waals surface area contributed by atoms with E-state index in [2.05, 4.69) is 55.0 Å². The molecule has 0 aliphatic carbocycles. The molecule has 1 aromatic heterocycles. The Morgan fingerprint density at radius 2 is 1.90 bits per heavy atom. The number of hydrogen-bond acceptors (Lipinski definition) is 3. The first-order valence-corrected chi connectivity index (χ1v) is 7.68. The summed E-state index contributed by atoms with van der Waals surface area (Å²) in [6.07, 6.45) is 1.05. The van der Waals surface area contributed by atoms with E-state index in [9.17, 15) is 0 Å². The molecule has 0 radical (unpaired) electrons. The molecule has 0 atom stereocenters. The number of hydrogen-bond donors (Lipinski definition) is 1. The Morgan fingerprint density at radius 1 is 1.24 bits per heavy atom. The van der Waals surface area contributed by atoms with Crippen LogP contribution in [0, 0.1) is 6.92 Å². The van der Waals surface area contributed by atoms with Crippen LogP contribution in [0.3, 0.4) is 0 Å². The molecule has 1 heterocycles. The first kappa shape index (κ1) is 15.4. The Kier molecular flexibility index (Phi) is 4.89. The molecule has 0 saturated carbocycles. The van der Waals surface area contributed by atoms with E-state index in [0.717, 1.165) is 36.7 Å². The molecule has 0 spiro atoms. The molecular formula is C17H26N4. The van der Waals surface area contributed by atoms with Gasteiger partial charge in [-0.05, 0) is 32.8 Å². The lowest BCUT2D eigenvalue weighted by Crippen LogP contribution is -2.32. The SMILES string of the molecule is CCCn1nc(C)c(N)c1N(Cc1ccccc1)C(C)C. The van der Waals surface area contributed by atoms with Gasteiger partial charge in [-0.25, -0.2) is 4.68 Å². The second-order valence-corrected chi connectivity index (χ2v) is 5.75. The van der Waals surface area contributed by atoms with Crippen molar-refractivity contribution in [3.8, 4) is 0 Å². The van der Waals surface area contributed by atoms with Gasteiger partial charge in [0.05, 0.1) is 11.4 Å². The first-order chi connectivity index (χ1) is 10.0. The fourth-order valence-electron chi connectivity index (χ4n) is 2.54. The molecule has 0 fully saturated rings. The molecule has 114 valence electrons. The maximum Gasteiger partial charge on any atom is 0.151 e. The van der Waals surface area contributed by atoms with Gasteiger partial charge in [0.2, 0.25) is 0 Å². The smallest absolute Gasteiger partial charge is 0.151 e. The zero-order valence-electron chi connectivity index (χ0n) is 13.5.